The number of aryl methyl sites for hydroxylation is 1. The van der Waals surface area contributed by atoms with Gasteiger partial charge in [0.1, 0.15) is 12.6 Å². The normalized spacial score (nSPS) is 16.9. The molecule has 0 spiro atoms. The molecule has 2 aromatic rings. The number of likely N-dealkylation sites (tertiary alicyclic amines) is 1. The lowest BCUT2D eigenvalue weighted by Crippen LogP contribution is -2.46. The van der Waals surface area contributed by atoms with Gasteiger partial charge in [0, 0.05) is 30.1 Å². The molecule has 0 N–H and O–H groups in total. The number of amides is 1. The van der Waals surface area contributed by atoms with Crippen LogP contribution in [0.15, 0.2) is 23.4 Å². The molecule has 27 heavy (non-hydrogen) atoms. The van der Waals surface area contributed by atoms with Crippen molar-refractivity contribution in [1.82, 2.24) is 24.4 Å². The first-order chi connectivity index (χ1) is 13.0. The van der Waals surface area contributed by atoms with Crippen molar-refractivity contribution in [3.8, 4) is 11.9 Å². The van der Waals surface area contributed by atoms with Crippen LogP contribution in [-0.2, 0) is 11.3 Å². The molecule has 0 bridgehead atoms. The summed E-state index contributed by atoms with van der Waals surface area (Å²) in [6.45, 7) is 4.54. The molecule has 9 nitrogen and oxygen atoms in total. The van der Waals surface area contributed by atoms with Gasteiger partial charge >= 0.3 is 6.01 Å². The Balaban J connectivity index is 1.64. The zero-order valence-electron chi connectivity index (χ0n) is 15.7. The predicted molar refractivity (Wildman–Crippen MR) is 96.8 cm³/mol. The monoisotopic (exact) mass is 373 g/mol. The van der Waals surface area contributed by atoms with E-state index in [4.69, 9.17) is 9.47 Å². The first-order valence-electron chi connectivity index (χ1n) is 8.82. The quantitative estimate of drug-likeness (QED) is 0.762. The van der Waals surface area contributed by atoms with Crippen LogP contribution in [0.1, 0.15) is 24.1 Å². The summed E-state index contributed by atoms with van der Waals surface area (Å²) in [6, 6.07) is 1.89. The largest absolute Gasteiger partial charge is 0.472 e. The summed E-state index contributed by atoms with van der Waals surface area (Å²) in [5.74, 6) is 0.284. The number of nitrogens with zero attached hydrogens (tertiary/aromatic N) is 5. The molecule has 3 heterocycles. The smallest absolute Gasteiger partial charge is 0.319 e. The van der Waals surface area contributed by atoms with Gasteiger partial charge in [-0.1, -0.05) is 0 Å². The number of piperidine rings is 1. The molecule has 9 heteroatoms. The Morgan fingerprint density at radius 2 is 2.15 bits per heavy atom. The molecule has 144 valence electrons. The SMILES string of the molecule is COc1nccc(OC2CCCN(C(=O)Cn3cnc(C)c(C)c3=O)C2)n1. The molecule has 0 aliphatic carbocycles. The average molecular weight is 373 g/mol. The molecule has 3 rings (SSSR count). The van der Waals surface area contributed by atoms with Crippen molar-refractivity contribution in [2.24, 2.45) is 0 Å². The minimum Gasteiger partial charge on any atom is -0.472 e. The van der Waals surface area contributed by atoms with Crippen molar-refractivity contribution in [3.05, 3.63) is 40.2 Å². The van der Waals surface area contributed by atoms with Crippen LogP contribution in [0.4, 0.5) is 0 Å². The molecule has 1 unspecified atom stereocenters. The zero-order chi connectivity index (χ0) is 19.4. The molecular weight excluding hydrogens is 350 g/mol. The Bertz CT molecular complexity index is 882. The van der Waals surface area contributed by atoms with Gasteiger partial charge in [-0.05, 0) is 26.7 Å². The van der Waals surface area contributed by atoms with E-state index < -0.39 is 0 Å². The Hall–Kier alpha value is -2.97. The molecule has 1 fully saturated rings. The maximum atomic E-state index is 12.7. The fourth-order valence-corrected chi connectivity index (χ4v) is 2.95. The predicted octanol–water partition coefficient (Wildman–Crippen LogP) is 0.729. The standard InChI is InChI=1S/C18H23N5O4/c1-12-13(2)20-11-23(17(12)25)10-16(24)22-8-4-5-14(9-22)27-15-6-7-19-18(21-15)26-3/h6-7,11,14H,4-5,8-10H2,1-3H3. The van der Waals surface area contributed by atoms with Crippen molar-refractivity contribution in [2.75, 3.05) is 20.2 Å². The van der Waals surface area contributed by atoms with E-state index in [9.17, 15) is 9.59 Å². The van der Waals surface area contributed by atoms with E-state index in [1.807, 2.05) is 0 Å². The maximum Gasteiger partial charge on any atom is 0.319 e. The highest BCUT2D eigenvalue weighted by Crippen LogP contribution is 2.18. The van der Waals surface area contributed by atoms with Crippen molar-refractivity contribution >= 4 is 5.91 Å². The Kier molecular flexibility index (Phi) is 5.68. The number of methoxy groups -OCH3 is 1. The van der Waals surface area contributed by atoms with Crippen molar-refractivity contribution in [2.45, 2.75) is 39.3 Å². The highest BCUT2D eigenvalue weighted by Gasteiger charge is 2.25. The molecule has 0 aromatic carbocycles. The number of hydrogen-bond donors (Lipinski definition) is 0. The van der Waals surface area contributed by atoms with E-state index in [0.29, 0.717) is 30.2 Å². The number of carbonyl (C=O) groups excluding carboxylic acids is 1. The number of hydrogen-bond acceptors (Lipinski definition) is 7. The highest BCUT2D eigenvalue weighted by molar-refractivity contribution is 5.76. The second kappa shape index (κ2) is 8.15. The summed E-state index contributed by atoms with van der Waals surface area (Å²) in [4.78, 5) is 38.9. The third-order valence-electron chi connectivity index (χ3n) is 4.63. The van der Waals surface area contributed by atoms with E-state index in [1.165, 1.54) is 18.0 Å². The minimum absolute atomic E-state index is 0.0268. The fourth-order valence-electron chi connectivity index (χ4n) is 2.95. The van der Waals surface area contributed by atoms with E-state index in [-0.39, 0.29) is 30.1 Å². The van der Waals surface area contributed by atoms with Crippen molar-refractivity contribution < 1.29 is 14.3 Å². The Morgan fingerprint density at radius 1 is 1.33 bits per heavy atom. The van der Waals surface area contributed by atoms with Crippen molar-refractivity contribution in [3.63, 3.8) is 0 Å². The molecular formula is C18H23N5O4. The third kappa shape index (κ3) is 4.42. The number of ether oxygens (including phenoxy) is 2. The molecule has 2 aromatic heterocycles. The summed E-state index contributed by atoms with van der Waals surface area (Å²) in [5, 5.41) is 0. The van der Waals surface area contributed by atoms with Gasteiger partial charge in [0.15, 0.2) is 0 Å². The van der Waals surface area contributed by atoms with Crippen LogP contribution in [0.2, 0.25) is 0 Å². The molecule has 1 aliphatic heterocycles. The van der Waals surface area contributed by atoms with Gasteiger partial charge in [-0.25, -0.2) is 9.97 Å². The van der Waals surface area contributed by atoms with E-state index >= 15 is 0 Å². The van der Waals surface area contributed by atoms with Gasteiger partial charge in [-0.2, -0.15) is 4.98 Å². The van der Waals surface area contributed by atoms with Crippen LogP contribution in [0.25, 0.3) is 0 Å². The Labute approximate surface area is 157 Å². The van der Waals surface area contributed by atoms with Gasteiger partial charge in [-0.3, -0.25) is 14.2 Å². The molecule has 1 amide bonds. The molecule has 1 aliphatic rings. The second-order valence-electron chi connectivity index (χ2n) is 6.49. The number of aromatic nitrogens is 4. The summed E-state index contributed by atoms with van der Waals surface area (Å²) >= 11 is 0. The molecule has 0 radical (unpaired) electrons. The summed E-state index contributed by atoms with van der Waals surface area (Å²) in [6.07, 6.45) is 4.46. The van der Waals surface area contributed by atoms with Gasteiger partial charge in [0.2, 0.25) is 11.8 Å². The maximum absolute atomic E-state index is 12.7. The lowest BCUT2D eigenvalue weighted by atomic mass is 10.1. The zero-order valence-corrected chi connectivity index (χ0v) is 15.7. The summed E-state index contributed by atoms with van der Waals surface area (Å²) in [7, 11) is 1.49. The van der Waals surface area contributed by atoms with Crippen LogP contribution in [0.5, 0.6) is 11.9 Å². The molecule has 1 atom stereocenters. The third-order valence-corrected chi connectivity index (χ3v) is 4.63. The first kappa shape index (κ1) is 18.8. The first-order valence-corrected chi connectivity index (χ1v) is 8.82. The van der Waals surface area contributed by atoms with Gasteiger partial charge in [-0.15, -0.1) is 0 Å². The summed E-state index contributed by atoms with van der Waals surface area (Å²) < 4.78 is 12.2. The van der Waals surface area contributed by atoms with Gasteiger partial charge < -0.3 is 14.4 Å². The lowest BCUT2D eigenvalue weighted by Gasteiger charge is -2.32. The van der Waals surface area contributed by atoms with Crippen LogP contribution in [-0.4, -0.2) is 56.6 Å². The van der Waals surface area contributed by atoms with Crippen LogP contribution >= 0.6 is 0 Å². The molecule has 0 saturated carbocycles. The average Bonchev–Trinajstić information content (AvgIpc) is 2.68. The van der Waals surface area contributed by atoms with E-state index in [1.54, 1.807) is 31.0 Å². The Morgan fingerprint density at radius 3 is 2.93 bits per heavy atom. The van der Waals surface area contributed by atoms with E-state index in [0.717, 1.165) is 12.8 Å². The highest BCUT2D eigenvalue weighted by atomic mass is 16.5. The number of carbonyl (C=O) groups is 1. The van der Waals surface area contributed by atoms with Crippen molar-refractivity contribution in [1.29, 1.82) is 0 Å². The minimum atomic E-state index is -0.186. The summed E-state index contributed by atoms with van der Waals surface area (Å²) in [5.41, 5.74) is 1.05. The fraction of sp³-hybridized carbons (Fsp3) is 0.500. The topological polar surface area (TPSA) is 99.4 Å². The van der Waals surface area contributed by atoms with Gasteiger partial charge in [0.05, 0.1) is 20.0 Å². The molecule has 1 saturated heterocycles. The van der Waals surface area contributed by atoms with Crippen LogP contribution in [0, 0.1) is 13.8 Å². The second-order valence-corrected chi connectivity index (χ2v) is 6.49. The van der Waals surface area contributed by atoms with E-state index in [2.05, 4.69) is 15.0 Å². The van der Waals surface area contributed by atoms with Gasteiger partial charge in [0.25, 0.3) is 5.56 Å². The van der Waals surface area contributed by atoms with Crippen LogP contribution in [0.3, 0.4) is 0 Å². The van der Waals surface area contributed by atoms with Crippen LogP contribution < -0.4 is 15.0 Å². The number of rotatable bonds is 5. The lowest BCUT2D eigenvalue weighted by molar-refractivity contribution is -0.134.